The van der Waals surface area contributed by atoms with E-state index in [4.69, 9.17) is 0 Å². The van der Waals surface area contributed by atoms with Crippen molar-refractivity contribution in [3.63, 3.8) is 0 Å². The minimum Gasteiger partial charge on any atom is -0.383 e. The number of aliphatic hydroxyl groups excluding tert-OH is 1. The average Bonchev–Trinajstić information content (AvgIpc) is 3.09. The summed E-state index contributed by atoms with van der Waals surface area (Å²) in [5, 5.41) is 13.1. The lowest BCUT2D eigenvalue weighted by molar-refractivity contribution is 0.0947. The standard InChI is InChI=1S/C19H16FNO2S/c20-16-9-5-4-8-15(16)19(23)21-12-14-10-11-17(24-14)18(22)13-6-2-1-3-7-13/h1-11,18,22H,12H2,(H,21,23). The van der Waals surface area contributed by atoms with Crippen LogP contribution in [-0.4, -0.2) is 11.0 Å². The van der Waals surface area contributed by atoms with E-state index in [2.05, 4.69) is 5.32 Å². The van der Waals surface area contributed by atoms with Crippen LogP contribution in [0.3, 0.4) is 0 Å². The number of nitrogens with one attached hydrogen (secondary N) is 1. The van der Waals surface area contributed by atoms with Crippen LogP contribution in [0.25, 0.3) is 0 Å². The Bertz CT molecular complexity index is 832. The molecule has 122 valence electrons. The number of benzene rings is 2. The van der Waals surface area contributed by atoms with Crippen molar-refractivity contribution in [1.82, 2.24) is 5.32 Å². The van der Waals surface area contributed by atoms with Crippen LogP contribution in [0, 0.1) is 5.82 Å². The fraction of sp³-hybridized carbons (Fsp3) is 0.105. The van der Waals surface area contributed by atoms with Crippen molar-refractivity contribution in [2.24, 2.45) is 0 Å². The lowest BCUT2D eigenvalue weighted by atomic mass is 10.1. The molecule has 0 radical (unpaired) electrons. The van der Waals surface area contributed by atoms with Crippen molar-refractivity contribution in [2.75, 3.05) is 0 Å². The van der Waals surface area contributed by atoms with Gasteiger partial charge >= 0.3 is 0 Å². The van der Waals surface area contributed by atoms with E-state index >= 15 is 0 Å². The maximum atomic E-state index is 13.6. The number of rotatable bonds is 5. The lowest BCUT2D eigenvalue weighted by Gasteiger charge is -2.08. The number of carbonyl (C=O) groups is 1. The zero-order valence-electron chi connectivity index (χ0n) is 12.8. The predicted octanol–water partition coefficient (Wildman–Crippen LogP) is 3.90. The zero-order valence-corrected chi connectivity index (χ0v) is 13.6. The fourth-order valence-corrected chi connectivity index (χ4v) is 3.31. The van der Waals surface area contributed by atoms with Gasteiger partial charge in [-0.3, -0.25) is 4.79 Å². The molecule has 0 fully saturated rings. The van der Waals surface area contributed by atoms with Crippen LogP contribution in [0.15, 0.2) is 66.7 Å². The Morgan fingerprint density at radius 2 is 1.75 bits per heavy atom. The van der Waals surface area contributed by atoms with Gasteiger partial charge in [-0.15, -0.1) is 11.3 Å². The average molecular weight is 341 g/mol. The van der Waals surface area contributed by atoms with Gasteiger partial charge in [-0.2, -0.15) is 0 Å². The van der Waals surface area contributed by atoms with Crippen LogP contribution in [0.1, 0.15) is 31.8 Å². The maximum absolute atomic E-state index is 13.6. The largest absolute Gasteiger partial charge is 0.383 e. The van der Waals surface area contributed by atoms with Gasteiger partial charge in [0.25, 0.3) is 5.91 Å². The quantitative estimate of drug-likeness (QED) is 0.739. The Morgan fingerprint density at radius 1 is 1.04 bits per heavy atom. The molecule has 1 heterocycles. The highest BCUT2D eigenvalue weighted by Gasteiger charge is 2.14. The minimum atomic E-state index is -0.688. The first-order valence-corrected chi connectivity index (χ1v) is 8.31. The van der Waals surface area contributed by atoms with E-state index in [9.17, 15) is 14.3 Å². The highest BCUT2D eigenvalue weighted by Crippen LogP contribution is 2.28. The summed E-state index contributed by atoms with van der Waals surface area (Å²) in [5.74, 6) is -0.993. The Labute approximate surface area is 143 Å². The summed E-state index contributed by atoms with van der Waals surface area (Å²) in [4.78, 5) is 13.7. The highest BCUT2D eigenvalue weighted by atomic mass is 32.1. The van der Waals surface area contributed by atoms with Crippen molar-refractivity contribution in [1.29, 1.82) is 0 Å². The van der Waals surface area contributed by atoms with Gasteiger partial charge in [0.2, 0.25) is 0 Å². The van der Waals surface area contributed by atoms with Crippen LogP contribution in [0.2, 0.25) is 0 Å². The number of hydrogen-bond acceptors (Lipinski definition) is 3. The Kier molecular flexibility index (Phi) is 5.03. The monoisotopic (exact) mass is 341 g/mol. The van der Waals surface area contributed by atoms with Gasteiger partial charge in [-0.05, 0) is 29.8 Å². The molecule has 1 aromatic heterocycles. The topological polar surface area (TPSA) is 49.3 Å². The normalized spacial score (nSPS) is 11.9. The summed E-state index contributed by atoms with van der Waals surface area (Å²) in [6.07, 6.45) is -0.688. The zero-order chi connectivity index (χ0) is 16.9. The Hall–Kier alpha value is -2.50. The second-order valence-electron chi connectivity index (χ2n) is 5.28. The molecular formula is C19H16FNO2S. The molecule has 0 aliphatic heterocycles. The number of amides is 1. The molecule has 0 spiro atoms. The molecule has 2 aromatic carbocycles. The van der Waals surface area contributed by atoms with Crippen molar-refractivity contribution in [3.8, 4) is 0 Å². The summed E-state index contributed by atoms with van der Waals surface area (Å²) < 4.78 is 13.6. The van der Waals surface area contributed by atoms with Crippen LogP contribution in [0.5, 0.6) is 0 Å². The van der Waals surface area contributed by atoms with Crippen molar-refractivity contribution < 1.29 is 14.3 Å². The summed E-state index contributed by atoms with van der Waals surface area (Å²) in [5.41, 5.74) is 0.847. The minimum absolute atomic E-state index is 0.0265. The first kappa shape index (κ1) is 16.4. The number of aliphatic hydroxyl groups is 1. The van der Waals surface area contributed by atoms with Gasteiger partial charge in [-0.1, -0.05) is 42.5 Å². The van der Waals surface area contributed by atoms with Gasteiger partial charge in [0.15, 0.2) is 0 Å². The molecule has 1 atom stereocenters. The van der Waals surface area contributed by atoms with Crippen LogP contribution < -0.4 is 5.32 Å². The fourth-order valence-electron chi connectivity index (χ4n) is 2.34. The van der Waals surface area contributed by atoms with E-state index in [1.54, 1.807) is 12.1 Å². The number of halogens is 1. The molecule has 0 saturated heterocycles. The number of thiophene rings is 1. The molecule has 2 N–H and O–H groups in total. The van der Waals surface area contributed by atoms with E-state index in [0.717, 1.165) is 15.3 Å². The predicted molar refractivity (Wildman–Crippen MR) is 92.4 cm³/mol. The van der Waals surface area contributed by atoms with Gasteiger partial charge in [0.1, 0.15) is 11.9 Å². The molecule has 1 unspecified atom stereocenters. The third-order valence-electron chi connectivity index (χ3n) is 3.61. The van der Waals surface area contributed by atoms with Crippen molar-refractivity contribution in [2.45, 2.75) is 12.6 Å². The van der Waals surface area contributed by atoms with E-state index in [-0.39, 0.29) is 5.56 Å². The number of carbonyl (C=O) groups excluding carboxylic acids is 1. The molecule has 24 heavy (non-hydrogen) atoms. The second kappa shape index (κ2) is 7.38. The molecule has 0 aliphatic carbocycles. The maximum Gasteiger partial charge on any atom is 0.254 e. The summed E-state index contributed by atoms with van der Waals surface area (Å²) in [6.45, 7) is 0.291. The summed E-state index contributed by atoms with van der Waals surface area (Å²) in [6, 6.07) is 18.9. The molecule has 0 bridgehead atoms. The second-order valence-corrected chi connectivity index (χ2v) is 6.48. The van der Waals surface area contributed by atoms with Crippen molar-refractivity contribution in [3.05, 3.63) is 93.4 Å². The molecule has 1 amide bonds. The van der Waals surface area contributed by atoms with Gasteiger partial charge in [0.05, 0.1) is 12.1 Å². The molecule has 0 aliphatic rings. The van der Waals surface area contributed by atoms with Gasteiger partial charge in [-0.25, -0.2) is 4.39 Å². The molecule has 5 heteroatoms. The first-order chi connectivity index (χ1) is 11.6. The van der Waals surface area contributed by atoms with E-state index in [0.29, 0.717) is 6.54 Å². The van der Waals surface area contributed by atoms with Gasteiger partial charge < -0.3 is 10.4 Å². The highest BCUT2D eigenvalue weighted by molar-refractivity contribution is 7.12. The Morgan fingerprint density at radius 3 is 2.50 bits per heavy atom. The first-order valence-electron chi connectivity index (χ1n) is 7.49. The van der Waals surface area contributed by atoms with Crippen LogP contribution in [-0.2, 0) is 6.54 Å². The molecule has 3 nitrogen and oxygen atoms in total. The molecular weight excluding hydrogens is 325 g/mol. The van der Waals surface area contributed by atoms with E-state index in [1.165, 1.54) is 23.5 Å². The third-order valence-corrected chi connectivity index (χ3v) is 4.75. The SMILES string of the molecule is O=C(NCc1ccc(C(O)c2ccccc2)s1)c1ccccc1F. The molecule has 3 rings (SSSR count). The lowest BCUT2D eigenvalue weighted by Crippen LogP contribution is -2.23. The summed E-state index contributed by atoms with van der Waals surface area (Å²) in [7, 11) is 0. The summed E-state index contributed by atoms with van der Waals surface area (Å²) >= 11 is 1.42. The van der Waals surface area contributed by atoms with E-state index in [1.807, 2.05) is 42.5 Å². The van der Waals surface area contributed by atoms with Gasteiger partial charge in [0, 0.05) is 9.75 Å². The van der Waals surface area contributed by atoms with E-state index < -0.39 is 17.8 Å². The van der Waals surface area contributed by atoms with Crippen molar-refractivity contribution >= 4 is 17.2 Å². The Balaban J connectivity index is 1.64. The smallest absolute Gasteiger partial charge is 0.254 e. The molecule has 3 aromatic rings. The number of hydrogen-bond donors (Lipinski definition) is 2. The molecule has 0 saturated carbocycles. The third kappa shape index (κ3) is 3.69. The van der Waals surface area contributed by atoms with Crippen LogP contribution >= 0.6 is 11.3 Å². The van der Waals surface area contributed by atoms with Crippen LogP contribution in [0.4, 0.5) is 4.39 Å².